The minimum absolute atomic E-state index is 0.174. The van der Waals surface area contributed by atoms with Gasteiger partial charge in [0.2, 0.25) is 5.91 Å². The van der Waals surface area contributed by atoms with Crippen molar-refractivity contribution in [3.05, 3.63) is 0 Å². The largest absolute Gasteiger partial charge is 0.404 e. The summed E-state index contributed by atoms with van der Waals surface area (Å²) in [6, 6.07) is 0. The average molecular weight is 268 g/mol. The minimum Gasteiger partial charge on any atom is -0.396 e. The van der Waals surface area contributed by atoms with Gasteiger partial charge in [-0.25, -0.2) is 0 Å². The summed E-state index contributed by atoms with van der Waals surface area (Å²) >= 11 is 0. The van der Waals surface area contributed by atoms with E-state index in [4.69, 9.17) is 5.11 Å². The fourth-order valence-corrected chi connectivity index (χ4v) is 2.03. The molecule has 0 aliphatic carbocycles. The third-order valence-corrected chi connectivity index (χ3v) is 3.32. The highest BCUT2D eigenvalue weighted by Gasteiger charge is 2.61. The molecule has 1 fully saturated rings. The van der Waals surface area contributed by atoms with Gasteiger partial charge in [-0.1, -0.05) is 0 Å². The lowest BCUT2D eigenvalue weighted by Crippen LogP contribution is -2.57. The summed E-state index contributed by atoms with van der Waals surface area (Å²) < 4.78 is 39.2. The van der Waals surface area contributed by atoms with Crippen molar-refractivity contribution < 1.29 is 23.1 Å². The van der Waals surface area contributed by atoms with Crippen molar-refractivity contribution in [3.8, 4) is 0 Å². The van der Waals surface area contributed by atoms with Gasteiger partial charge in [0.05, 0.1) is 0 Å². The third kappa shape index (κ3) is 2.95. The molecule has 3 N–H and O–H groups in total. The number of amides is 1. The molecule has 0 aromatic carbocycles. The summed E-state index contributed by atoms with van der Waals surface area (Å²) in [7, 11) is 0. The first-order valence-electron chi connectivity index (χ1n) is 5.86. The van der Waals surface area contributed by atoms with Crippen LogP contribution in [-0.2, 0) is 4.79 Å². The van der Waals surface area contributed by atoms with E-state index in [1.54, 1.807) is 13.8 Å². The molecule has 0 aromatic heterocycles. The molecule has 18 heavy (non-hydrogen) atoms. The molecule has 7 heteroatoms. The Morgan fingerprint density at radius 1 is 1.44 bits per heavy atom. The van der Waals surface area contributed by atoms with Crippen LogP contribution in [0.5, 0.6) is 0 Å². The summed E-state index contributed by atoms with van der Waals surface area (Å²) in [5, 5.41) is 13.8. The monoisotopic (exact) mass is 268 g/mol. The maximum absolute atomic E-state index is 13.1. The number of carbonyl (C=O) groups is 1. The Morgan fingerprint density at radius 2 is 2.06 bits per heavy atom. The van der Waals surface area contributed by atoms with Gasteiger partial charge < -0.3 is 15.7 Å². The maximum Gasteiger partial charge on any atom is 0.404 e. The Bertz CT molecular complexity index is 310. The number of hydrogen-bond donors (Lipinski definition) is 3. The van der Waals surface area contributed by atoms with Gasteiger partial charge in [0.15, 0.2) is 5.41 Å². The normalized spacial score (nSPS) is 25.2. The zero-order chi connectivity index (χ0) is 14.0. The Balaban J connectivity index is 2.86. The SMILES string of the molecule is CC(C)(CCO)NC(=O)C1(C(F)(F)F)CCNC1. The summed E-state index contributed by atoms with van der Waals surface area (Å²) in [6.45, 7) is 2.77. The molecule has 0 aromatic rings. The zero-order valence-corrected chi connectivity index (χ0v) is 10.5. The van der Waals surface area contributed by atoms with Crippen LogP contribution in [0.15, 0.2) is 0 Å². The molecule has 1 aliphatic rings. The molecule has 0 radical (unpaired) electrons. The second kappa shape index (κ2) is 5.05. The van der Waals surface area contributed by atoms with Crippen molar-refractivity contribution in [2.24, 2.45) is 5.41 Å². The second-order valence-electron chi connectivity index (χ2n) is 5.32. The molecule has 4 nitrogen and oxygen atoms in total. The summed E-state index contributed by atoms with van der Waals surface area (Å²) in [5.74, 6) is -1.02. The van der Waals surface area contributed by atoms with Crippen LogP contribution in [0.25, 0.3) is 0 Å². The molecule has 0 spiro atoms. The van der Waals surface area contributed by atoms with Crippen molar-refractivity contribution in [1.82, 2.24) is 10.6 Å². The van der Waals surface area contributed by atoms with Gasteiger partial charge in [0.25, 0.3) is 0 Å². The lowest BCUT2D eigenvalue weighted by Gasteiger charge is -2.34. The highest BCUT2D eigenvalue weighted by Crippen LogP contribution is 2.43. The van der Waals surface area contributed by atoms with Gasteiger partial charge in [-0.3, -0.25) is 4.79 Å². The highest BCUT2D eigenvalue weighted by atomic mass is 19.4. The molecule has 1 saturated heterocycles. The summed E-state index contributed by atoms with van der Waals surface area (Å²) in [6.07, 6.45) is -4.62. The number of hydrogen-bond acceptors (Lipinski definition) is 3. The van der Waals surface area contributed by atoms with E-state index in [0.29, 0.717) is 0 Å². The van der Waals surface area contributed by atoms with Gasteiger partial charge in [-0.15, -0.1) is 0 Å². The molecule has 1 rings (SSSR count). The van der Waals surface area contributed by atoms with E-state index in [1.165, 1.54) is 0 Å². The topological polar surface area (TPSA) is 61.4 Å². The zero-order valence-electron chi connectivity index (χ0n) is 10.5. The van der Waals surface area contributed by atoms with Gasteiger partial charge in [0, 0.05) is 18.7 Å². The second-order valence-corrected chi connectivity index (χ2v) is 5.32. The number of aliphatic hydroxyl groups excluding tert-OH is 1. The molecule has 1 unspecified atom stereocenters. The summed E-state index contributed by atoms with van der Waals surface area (Å²) in [4.78, 5) is 12.0. The van der Waals surface area contributed by atoms with Gasteiger partial charge in [0.1, 0.15) is 0 Å². The number of halogens is 3. The first kappa shape index (κ1) is 15.2. The van der Waals surface area contributed by atoms with Crippen LogP contribution < -0.4 is 10.6 Å². The Kier molecular flexibility index (Phi) is 4.27. The molecule has 1 aliphatic heterocycles. The molecule has 1 heterocycles. The van der Waals surface area contributed by atoms with E-state index in [9.17, 15) is 18.0 Å². The Morgan fingerprint density at radius 3 is 2.44 bits per heavy atom. The third-order valence-electron chi connectivity index (χ3n) is 3.32. The first-order valence-corrected chi connectivity index (χ1v) is 5.86. The van der Waals surface area contributed by atoms with Crippen molar-refractivity contribution in [2.75, 3.05) is 19.7 Å². The molecule has 1 atom stereocenters. The Hall–Kier alpha value is -0.820. The number of nitrogens with one attached hydrogen (secondary N) is 2. The van der Waals surface area contributed by atoms with Crippen molar-refractivity contribution in [2.45, 2.75) is 38.4 Å². The summed E-state index contributed by atoms with van der Waals surface area (Å²) in [5.41, 5.74) is -3.20. The van der Waals surface area contributed by atoms with E-state index in [1.807, 2.05) is 0 Å². The van der Waals surface area contributed by atoms with Gasteiger partial charge >= 0.3 is 6.18 Å². The van der Waals surface area contributed by atoms with E-state index in [2.05, 4.69) is 10.6 Å². The number of alkyl halides is 3. The van der Waals surface area contributed by atoms with Crippen LogP contribution in [0, 0.1) is 5.41 Å². The molecule has 0 saturated carbocycles. The lowest BCUT2D eigenvalue weighted by atomic mass is 9.84. The van der Waals surface area contributed by atoms with E-state index < -0.39 is 29.6 Å². The molecule has 1 amide bonds. The van der Waals surface area contributed by atoms with Crippen LogP contribution >= 0.6 is 0 Å². The van der Waals surface area contributed by atoms with Crippen molar-refractivity contribution in [3.63, 3.8) is 0 Å². The smallest absolute Gasteiger partial charge is 0.396 e. The predicted molar refractivity (Wildman–Crippen MR) is 59.9 cm³/mol. The van der Waals surface area contributed by atoms with Crippen LogP contribution in [0.2, 0.25) is 0 Å². The number of carbonyl (C=O) groups excluding carboxylic acids is 1. The van der Waals surface area contributed by atoms with Crippen LogP contribution in [0.1, 0.15) is 26.7 Å². The molecular weight excluding hydrogens is 249 g/mol. The van der Waals surface area contributed by atoms with Crippen molar-refractivity contribution >= 4 is 5.91 Å². The van der Waals surface area contributed by atoms with Crippen LogP contribution in [0.4, 0.5) is 13.2 Å². The minimum atomic E-state index is -4.57. The lowest BCUT2D eigenvalue weighted by molar-refractivity contribution is -0.216. The standard InChI is InChI=1S/C11H19F3N2O2/c1-9(2,4-6-17)16-8(18)10(11(12,13)14)3-5-15-7-10/h15,17H,3-7H2,1-2H3,(H,16,18). The number of aliphatic hydroxyl groups is 1. The van der Waals surface area contributed by atoms with E-state index in [0.717, 1.165) is 0 Å². The quantitative estimate of drug-likeness (QED) is 0.707. The number of rotatable bonds is 4. The molecule has 106 valence electrons. The predicted octanol–water partition coefficient (Wildman–Crippen LogP) is 0.806. The molecule has 0 bridgehead atoms. The van der Waals surface area contributed by atoms with Crippen LogP contribution in [0.3, 0.4) is 0 Å². The first-order chi connectivity index (χ1) is 8.15. The Labute approximate surface area is 104 Å². The van der Waals surface area contributed by atoms with Gasteiger partial charge in [-0.05, 0) is 33.2 Å². The van der Waals surface area contributed by atoms with E-state index in [-0.39, 0.29) is 26.0 Å². The van der Waals surface area contributed by atoms with E-state index >= 15 is 0 Å². The molecular formula is C11H19F3N2O2. The maximum atomic E-state index is 13.1. The average Bonchev–Trinajstić information content (AvgIpc) is 2.64. The fraction of sp³-hybridized carbons (Fsp3) is 0.909. The van der Waals surface area contributed by atoms with Crippen molar-refractivity contribution in [1.29, 1.82) is 0 Å². The highest BCUT2D eigenvalue weighted by molar-refractivity contribution is 5.84. The van der Waals surface area contributed by atoms with Gasteiger partial charge in [-0.2, -0.15) is 13.2 Å². The fourth-order valence-electron chi connectivity index (χ4n) is 2.03. The van der Waals surface area contributed by atoms with Crippen LogP contribution in [-0.4, -0.2) is 42.4 Å².